The Morgan fingerprint density at radius 2 is 2.36 bits per heavy atom. The second-order valence-electron chi connectivity index (χ2n) is 6.64. The lowest BCUT2D eigenvalue weighted by Crippen LogP contribution is -2.53. The summed E-state index contributed by atoms with van der Waals surface area (Å²) in [5.74, 6) is 1.85. The van der Waals surface area contributed by atoms with Gasteiger partial charge in [-0.1, -0.05) is 18.2 Å². The summed E-state index contributed by atoms with van der Waals surface area (Å²) in [7, 11) is 1.70. The zero-order chi connectivity index (χ0) is 15.6. The van der Waals surface area contributed by atoms with Gasteiger partial charge in [0.2, 0.25) is 0 Å². The van der Waals surface area contributed by atoms with Gasteiger partial charge >= 0.3 is 0 Å². The minimum Gasteiger partial charge on any atom is -0.497 e. The molecule has 2 unspecified atom stereocenters. The van der Waals surface area contributed by atoms with E-state index in [4.69, 9.17) is 4.74 Å². The van der Waals surface area contributed by atoms with E-state index in [-0.39, 0.29) is 5.41 Å². The van der Waals surface area contributed by atoms with Gasteiger partial charge in [0, 0.05) is 31.3 Å². The van der Waals surface area contributed by atoms with E-state index in [0.29, 0.717) is 18.1 Å². The lowest BCUT2D eigenvalue weighted by Gasteiger charge is -2.50. The van der Waals surface area contributed by atoms with Crippen LogP contribution in [0.2, 0.25) is 0 Å². The lowest BCUT2D eigenvalue weighted by atomic mass is 9.59. The minimum absolute atomic E-state index is 0.00153. The van der Waals surface area contributed by atoms with Crippen molar-refractivity contribution in [2.75, 3.05) is 26.7 Å². The fourth-order valence-electron chi connectivity index (χ4n) is 4.28. The molecule has 1 saturated heterocycles. The molecule has 1 aromatic rings. The van der Waals surface area contributed by atoms with Crippen molar-refractivity contribution in [3.63, 3.8) is 0 Å². The van der Waals surface area contributed by atoms with Crippen molar-refractivity contribution in [1.82, 2.24) is 4.90 Å². The first kappa shape index (κ1) is 15.3. The summed E-state index contributed by atoms with van der Waals surface area (Å²) in [4.78, 5) is 14.7. The van der Waals surface area contributed by atoms with Gasteiger partial charge in [-0.05, 0) is 43.0 Å². The Bertz CT molecular complexity index is 568. The van der Waals surface area contributed by atoms with Crippen molar-refractivity contribution in [3.8, 4) is 5.75 Å². The molecule has 1 aliphatic carbocycles. The molecule has 2 atom stereocenters. The number of ketones is 1. The molecule has 0 bridgehead atoms. The standard InChI is InChI=1S/C19H25NO2/c1-3-10-20-11-9-19(13-17(21)8-7-16(19)14-20)15-5-4-6-18(12-15)22-2/h3-6,12,16H,1,7-11,13-14H2,2H3. The van der Waals surface area contributed by atoms with Crippen LogP contribution in [-0.2, 0) is 10.2 Å². The second kappa shape index (κ2) is 6.25. The third kappa shape index (κ3) is 2.70. The number of Topliss-reactive ketones (excluding diaryl/α,β-unsaturated/α-hetero) is 1. The van der Waals surface area contributed by atoms with Crippen LogP contribution in [0.1, 0.15) is 31.2 Å². The van der Waals surface area contributed by atoms with Gasteiger partial charge in [0.15, 0.2) is 0 Å². The zero-order valence-electron chi connectivity index (χ0n) is 13.4. The topological polar surface area (TPSA) is 29.5 Å². The minimum atomic E-state index is 0.00153. The van der Waals surface area contributed by atoms with Crippen molar-refractivity contribution in [1.29, 1.82) is 0 Å². The summed E-state index contributed by atoms with van der Waals surface area (Å²) in [6.45, 7) is 6.90. The van der Waals surface area contributed by atoms with E-state index in [2.05, 4.69) is 29.7 Å². The molecule has 22 heavy (non-hydrogen) atoms. The number of hydrogen-bond acceptors (Lipinski definition) is 3. The van der Waals surface area contributed by atoms with Crippen LogP contribution < -0.4 is 4.74 Å². The first-order chi connectivity index (χ1) is 10.7. The van der Waals surface area contributed by atoms with Crippen LogP contribution in [0.5, 0.6) is 5.75 Å². The third-order valence-corrected chi connectivity index (χ3v) is 5.45. The Hall–Kier alpha value is -1.61. The number of piperidine rings is 1. The molecule has 0 amide bonds. The Morgan fingerprint density at radius 1 is 1.50 bits per heavy atom. The third-order valence-electron chi connectivity index (χ3n) is 5.45. The van der Waals surface area contributed by atoms with Crippen LogP contribution >= 0.6 is 0 Å². The van der Waals surface area contributed by atoms with Crippen molar-refractivity contribution >= 4 is 5.78 Å². The summed E-state index contributed by atoms with van der Waals surface area (Å²) in [6, 6.07) is 8.34. The maximum atomic E-state index is 12.2. The van der Waals surface area contributed by atoms with Crippen molar-refractivity contribution < 1.29 is 9.53 Å². The number of benzene rings is 1. The number of likely N-dealkylation sites (tertiary alicyclic amines) is 1. The second-order valence-corrected chi connectivity index (χ2v) is 6.64. The SMILES string of the molecule is C=CCN1CCC2(c3cccc(OC)c3)CC(=O)CCC2C1. The van der Waals surface area contributed by atoms with Crippen molar-refractivity contribution in [2.24, 2.45) is 5.92 Å². The summed E-state index contributed by atoms with van der Waals surface area (Å²) < 4.78 is 5.40. The van der Waals surface area contributed by atoms with E-state index < -0.39 is 0 Å². The molecule has 1 aromatic carbocycles. The predicted molar refractivity (Wildman–Crippen MR) is 88.3 cm³/mol. The van der Waals surface area contributed by atoms with Crippen LogP contribution in [0.4, 0.5) is 0 Å². The number of fused-ring (bicyclic) bond motifs is 1. The number of hydrogen-bond donors (Lipinski definition) is 0. The highest BCUT2D eigenvalue weighted by Crippen LogP contribution is 2.48. The molecule has 1 saturated carbocycles. The average Bonchev–Trinajstić information content (AvgIpc) is 2.55. The Labute approximate surface area is 133 Å². The molecule has 3 heteroatoms. The van der Waals surface area contributed by atoms with Crippen LogP contribution in [0.3, 0.4) is 0 Å². The molecule has 2 fully saturated rings. The van der Waals surface area contributed by atoms with Crippen molar-refractivity contribution in [3.05, 3.63) is 42.5 Å². The molecular weight excluding hydrogens is 274 g/mol. The van der Waals surface area contributed by atoms with Gasteiger partial charge in [-0.15, -0.1) is 6.58 Å². The molecular formula is C19H25NO2. The molecule has 1 heterocycles. The van der Waals surface area contributed by atoms with E-state index in [9.17, 15) is 4.79 Å². The Balaban J connectivity index is 1.95. The number of carbonyl (C=O) groups is 1. The average molecular weight is 299 g/mol. The maximum absolute atomic E-state index is 12.2. The fraction of sp³-hybridized carbons (Fsp3) is 0.526. The molecule has 0 aromatic heterocycles. The van der Waals surface area contributed by atoms with E-state index in [1.807, 2.05) is 12.1 Å². The normalized spacial score (nSPS) is 29.0. The molecule has 1 aliphatic heterocycles. The van der Waals surface area contributed by atoms with Crippen LogP contribution in [0.15, 0.2) is 36.9 Å². The quantitative estimate of drug-likeness (QED) is 0.800. The first-order valence-electron chi connectivity index (χ1n) is 8.17. The number of methoxy groups -OCH3 is 1. The fourth-order valence-corrected chi connectivity index (χ4v) is 4.28. The molecule has 3 nitrogen and oxygen atoms in total. The van der Waals surface area contributed by atoms with Gasteiger partial charge in [0.1, 0.15) is 11.5 Å². The number of nitrogens with zero attached hydrogens (tertiary/aromatic N) is 1. The molecule has 0 spiro atoms. The van der Waals surface area contributed by atoms with E-state index in [0.717, 1.165) is 44.6 Å². The van der Waals surface area contributed by atoms with Crippen LogP contribution in [0, 0.1) is 5.92 Å². The molecule has 0 radical (unpaired) electrons. The maximum Gasteiger partial charge on any atom is 0.133 e. The number of ether oxygens (including phenoxy) is 1. The summed E-state index contributed by atoms with van der Waals surface area (Å²) in [5, 5.41) is 0. The van der Waals surface area contributed by atoms with Gasteiger partial charge in [-0.3, -0.25) is 9.69 Å². The highest BCUT2D eigenvalue weighted by Gasteiger charge is 2.47. The van der Waals surface area contributed by atoms with Crippen LogP contribution in [0.25, 0.3) is 0 Å². The zero-order valence-corrected chi connectivity index (χ0v) is 13.4. The molecule has 118 valence electrons. The number of rotatable bonds is 4. The van der Waals surface area contributed by atoms with E-state index in [1.165, 1.54) is 5.56 Å². The van der Waals surface area contributed by atoms with Gasteiger partial charge in [-0.2, -0.15) is 0 Å². The Morgan fingerprint density at radius 3 is 3.14 bits per heavy atom. The van der Waals surface area contributed by atoms with Crippen LogP contribution in [-0.4, -0.2) is 37.4 Å². The summed E-state index contributed by atoms with van der Waals surface area (Å²) in [5.41, 5.74) is 1.28. The lowest BCUT2D eigenvalue weighted by molar-refractivity contribution is -0.125. The van der Waals surface area contributed by atoms with Gasteiger partial charge in [0.05, 0.1) is 7.11 Å². The highest BCUT2D eigenvalue weighted by molar-refractivity contribution is 5.81. The number of carbonyl (C=O) groups excluding carboxylic acids is 1. The van der Waals surface area contributed by atoms with E-state index >= 15 is 0 Å². The summed E-state index contributed by atoms with van der Waals surface area (Å²) >= 11 is 0. The molecule has 3 rings (SSSR count). The van der Waals surface area contributed by atoms with Crippen molar-refractivity contribution in [2.45, 2.75) is 31.1 Å². The molecule has 2 aliphatic rings. The van der Waals surface area contributed by atoms with Gasteiger partial charge < -0.3 is 4.74 Å². The highest BCUT2D eigenvalue weighted by atomic mass is 16.5. The van der Waals surface area contributed by atoms with Gasteiger partial charge in [-0.25, -0.2) is 0 Å². The first-order valence-corrected chi connectivity index (χ1v) is 8.17. The monoisotopic (exact) mass is 299 g/mol. The molecule has 0 N–H and O–H groups in total. The predicted octanol–water partition coefficient (Wildman–Crippen LogP) is 3.19. The van der Waals surface area contributed by atoms with Gasteiger partial charge in [0.25, 0.3) is 0 Å². The smallest absolute Gasteiger partial charge is 0.133 e. The van der Waals surface area contributed by atoms with E-state index in [1.54, 1.807) is 7.11 Å². The Kier molecular flexibility index (Phi) is 4.34. The summed E-state index contributed by atoms with van der Waals surface area (Å²) in [6.07, 6.45) is 5.45. The largest absolute Gasteiger partial charge is 0.497 e.